The van der Waals surface area contributed by atoms with Gasteiger partial charge in [-0.15, -0.1) is 11.8 Å². The first-order chi connectivity index (χ1) is 15.1. The van der Waals surface area contributed by atoms with Crippen molar-refractivity contribution in [2.45, 2.75) is 17.8 Å². The minimum absolute atomic E-state index is 0.190. The number of ether oxygens (including phenoxy) is 2. The number of carbonyl (C=O) groups excluding carboxylic acids is 3. The Morgan fingerprint density at radius 3 is 2.45 bits per heavy atom. The van der Waals surface area contributed by atoms with E-state index in [0.29, 0.717) is 17.9 Å². The minimum atomic E-state index is -0.699. The molecular formula is C23H22N2O5S. The molecule has 1 unspecified atom stereocenters. The number of hydrogen-bond acceptors (Lipinski definition) is 6. The van der Waals surface area contributed by atoms with Crippen molar-refractivity contribution in [2.24, 2.45) is 0 Å². The lowest BCUT2D eigenvalue weighted by Gasteiger charge is -2.49. The summed E-state index contributed by atoms with van der Waals surface area (Å²) in [7, 11) is 1.30. The monoisotopic (exact) mass is 438 g/mol. The topological polar surface area (TPSA) is 84.9 Å². The van der Waals surface area contributed by atoms with Gasteiger partial charge in [-0.25, -0.2) is 4.79 Å². The molecule has 0 aromatic heterocycles. The molecule has 8 heteroatoms. The van der Waals surface area contributed by atoms with Crippen molar-refractivity contribution in [3.63, 3.8) is 0 Å². The number of para-hydroxylation sites is 1. The molecule has 2 aromatic rings. The molecule has 1 saturated heterocycles. The van der Waals surface area contributed by atoms with E-state index in [4.69, 9.17) is 9.47 Å². The van der Waals surface area contributed by atoms with Crippen molar-refractivity contribution in [1.29, 1.82) is 0 Å². The van der Waals surface area contributed by atoms with Gasteiger partial charge >= 0.3 is 5.97 Å². The number of rotatable bonds is 7. The Morgan fingerprint density at radius 2 is 1.77 bits per heavy atom. The summed E-state index contributed by atoms with van der Waals surface area (Å²) in [5.74, 6) is -0.104. The SMILES string of the molecule is COC(=O)C1=C(Cc2ccccc2)CS[C@@H]2C(NC(=O)COc3ccccc3)C(=O)N12. The summed E-state index contributed by atoms with van der Waals surface area (Å²) in [6.45, 7) is -0.190. The summed E-state index contributed by atoms with van der Waals surface area (Å²) in [4.78, 5) is 39.1. The van der Waals surface area contributed by atoms with Crippen LogP contribution in [0.15, 0.2) is 71.9 Å². The summed E-state index contributed by atoms with van der Waals surface area (Å²) in [6, 6.07) is 18.0. The summed E-state index contributed by atoms with van der Waals surface area (Å²) in [5, 5.41) is 2.38. The lowest BCUT2D eigenvalue weighted by Crippen LogP contribution is -2.71. The fourth-order valence-electron chi connectivity index (χ4n) is 3.63. The molecule has 0 bridgehead atoms. The maximum Gasteiger partial charge on any atom is 0.354 e. The molecule has 4 rings (SSSR count). The standard InChI is InChI=1S/C23H22N2O5S/c1-29-23(28)20-16(12-15-8-4-2-5-9-15)14-31-22-19(21(27)25(20)22)24-18(26)13-30-17-10-6-3-7-11-17/h2-11,19,22H,12-14H2,1H3,(H,24,26)/t19?,22-/m1/s1. The van der Waals surface area contributed by atoms with Crippen LogP contribution in [-0.4, -0.2) is 53.6 Å². The van der Waals surface area contributed by atoms with Gasteiger partial charge in [-0.1, -0.05) is 48.5 Å². The van der Waals surface area contributed by atoms with Crippen molar-refractivity contribution in [3.8, 4) is 5.75 Å². The molecule has 0 spiro atoms. The summed E-state index contributed by atoms with van der Waals surface area (Å²) in [6.07, 6.45) is 0.552. The third-order valence-corrected chi connectivity index (χ3v) is 6.46. The average molecular weight is 439 g/mol. The van der Waals surface area contributed by atoms with E-state index in [1.165, 1.54) is 23.8 Å². The molecule has 160 valence electrons. The highest BCUT2D eigenvalue weighted by atomic mass is 32.2. The number of hydrogen-bond donors (Lipinski definition) is 1. The first-order valence-corrected chi connectivity index (χ1v) is 10.9. The van der Waals surface area contributed by atoms with Crippen LogP contribution in [0.25, 0.3) is 0 Å². The van der Waals surface area contributed by atoms with Crippen LogP contribution in [0.2, 0.25) is 0 Å². The molecule has 7 nitrogen and oxygen atoms in total. The van der Waals surface area contributed by atoms with Gasteiger partial charge in [0, 0.05) is 5.75 Å². The van der Waals surface area contributed by atoms with E-state index < -0.39 is 12.0 Å². The number of thioether (sulfide) groups is 1. The number of carbonyl (C=O) groups is 3. The first-order valence-electron chi connectivity index (χ1n) is 9.84. The summed E-state index contributed by atoms with van der Waals surface area (Å²) in [5.41, 5.74) is 2.17. The number of nitrogens with one attached hydrogen (secondary N) is 1. The number of benzene rings is 2. The Hall–Kier alpha value is -3.26. The van der Waals surface area contributed by atoms with E-state index >= 15 is 0 Å². The van der Waals surface area contributed by atoms with E-state index in [-0.39, 0.29) is 29.5 Å². The van der Waals surface area contributed by atoms with Gasteiger partial charge in [0.2, 0.25) is 0 Å². The predicted molar refractivity (Wildman–Crippen MR) is 116 cm³/mol. The molecule has 1 N–H and O–H groups in total. The van der Waals surface area contributed by atoms with Gasteiger partial charge in [0.15, 0.2) is 6.61 Å². The number of nitrogens with zero attached hydrogens (tertiary/aromatic N) is 1. The number of amides is 2. The highest BCUT2D eigenvalue weighted by Crippen LogP contribution is 2.41. The zero-order valence-electron chi connectivity index (χ0n) is 16.9. The van der Waals surface area contributed by atoms with E-state index in [2.05, 4.69) is 5.32 Å². The zero-order chi connectivity index (χ0) is 21.8. The predicted octanol–water partition coefficient (Wildman–Crippen LogP) is 2.14. The normalized spacial score (nSPS) is 19.9. The Labute approximate surface area is 184 Å². The molecule has 2 heterocycles. The molecule has 2 aliphatic heterocycles. The van der Waals surface area contributed by atoms with E-state index in [1.54, 1.807) is 12.1 Å². The Balaban J connectivity index is 1.44. The van der Waals surface area contributed by atoms with Gasteiger partial charge < -0.3 is 14.8 Å². The van der Waals surface area contributed by atoms with Crippen molar-refractivity contribution >= 4 is 29.5 Å². The Bertz CT molecular complexity index is 1010. The number of fused-ring (bicyclic) bond motifs is 1. The second-order valence-electron chi connectivity index (χ2n) is 7.16. The van der Waals surface area contributed by atoms with Crippen molar-refractivity contribution in [2.75, 3.05) is 19.5 Å². The van der Waals surface area contributed by atoms with Gasteiger partial charge in [0.05, 0.1) is 7.11 Å². The number of methoxy groups -OCH3 is 1. The Kier molecular flexibility index (Phi) is 6.27. The summed E-state index contributed by atoms with van der Waals surface area (Å²) < 4.78 is 10.4. The second-order valence-corrected chi connectivity index (χ2v) is 8.27. The number of β-lactam (4-membered cyclic amide) rings is 1. The molecule has 0 saturated carbocycles. The highest BCUT2D eigenvalue weighted by Gasteiger charge is 2.54. The molecule has 2 amide bonds. The zero-order valence-corrected chi connectivity index (χ0v) is 17.8. The molecule has 1 fully saturated rings. The van der Waals surface area contributed by atoms with Gasteiger partial charge in [0.25, 0.3) is 11.8 Å². The Morgan fingerprint density at radius 1 is 1.10 bits per heavy atom. The van der Waals surface area contributed by atoms with Gasteiger partial charge in [-0.3, -0.25) is 14.5 Å². The lowest BCUT2D eigenvalue weighted by molar-refractivity contribution is -0.152. The molecule has 2 atom stereocenters. The molecule has 31 heavy (non-hydrogen) atoms. The lowest BCUT2D eigenvalue weighted by atomic mass is 9.99. The van der Waals surface area contributed by atoms with Gasteiger partial charge in [-0.2, -0.15) is 0 Å². The molecule has 2 aliphatic rings. The largest absolute Gasteiger partial charge is 0.484 e. The van der Waals surface area contributed by atoms with Crippen LogP contribution in [-0.2, 0) is 25.5 Å². The molecule has 0 aliphatic carbocycles. The van der Waals surface area contributed by atoms with Crippen LogP contribution in [0.4, 0.5) is 0 Å². The van der Waals surface area contributed by atoms with E-state index in [1.807, 2.05) is 48.5 Å². The molecular weight excluding hydrogens is 416 g/mol. The van der Waals surface area contributed by atoms with Crippen LogP contribution in [0.3, 0.4) is 0 Å². The fraction of sp³-hybridized carbons (Fsp3) is 0.261. The average Bonchev–Trinajstić information content (AvgIpc) is 2.81. The van der Waals surface area contributed by atoms with Crippen molar-refractivity contribution in [3.05, 3.63) is 77.5 Å². The van der Waals surface area contributed by atoms with Crippen LogP contribution >= 0.6 is 11.8 Å². The quantitative estimate of drug-likeness (QED) is 0.527. The van der Waals surface area contributed by atoms with Gasteiger partial charge in [-0.05, 0) is 29.7 Å². The van der Waals surface area contributed by atoms with Crippen LogP contribution in [0.1, 0.15) is 5.56 Å². The van der Waals surface area contributed by atoms with E-state index in [0.717, 1.165) is 11.1 Å². The van der Waals surface area contributed by atoms with Crippen LogP contribution in [0, 0.1) is 0 Å². The highest BCUT2D eigenvalue weighted by molar-refractivity contribution is 8.00. The minimum Gasteiger partial charge on any atom is -0.484 e. The van der Waals surface area contributed by atoms with E-state index in [9.17, 15) is 14.4 Å². The van der Waals surface area contributed by atoms with Crippen molar-refractivity contribution in [1.82, 2.24) is 10.2 Å². The molecule has 0 radical (unpaired) electrons. The maximum atomic E-state index is 12.8. The third kappa shape index (κ3) is 4.44. The molecule has 2 aromatic carbocycles. The number of esters is 1. The van der Waals surface area contributed by atoms with Crippen LogP contribution in [0.5, 0.6) is 5.75 Å². The fourth-order valence-corrected chi connectivity index (χ4v) is 4.97. The second kappa shape index (κ2) is 9.26. The summed E-state index contributed by atoms with van der Waals surface area (Å²) >= 11 is 1.52. The smallest absolute Gasteiger partial charge is 0.354 e. The van der Waals surface area contributed by atoms with Gasteiger partial charge in [0.1, 0.15) is 22.9 Å². The first kappa shape index (κ1) is 21.0. The maximum absolute atomic E-state index is 12.8. The third-order valence-electron chi connectivity index (χ3n) is 5.12. The van der Waals surface area contributed by atoms with Crippen LogP contribution < -0.4 is 10.1 Å². The van der Waals surface area contributed by atoms with Crippen molar-refractivity contribution < 1.29 is 23.9 Å².